The molecule has 2 nitrogen and oxygen atoms in total. The SMILES string of the molecule is Cc1ccc2nc(C)cc(Nc3ccccc3C)c2c1.Cl. The van der Waals surface area contributed by atoms with Gasteiger partial charge in [-0.05, 0) is 50.6 Å². The summed E-state index contributed by atoms with van der Waals surface area (Å²) >= 11 is 0. The van der Waals surface area contributed by atoms with E-state index in [1.807, 2.05) is 6.92 Å². The van der Waals surface area contributed by atoms with Gasteiger partial charge in [-0.3, -0.25) is 4.98 Å². The first-order valence-electron chi connectivity index (χ1n) is 6.84. The summed E-state index contributed by atoms with van der Waals surface area (Å²) in [5, 5.41) is 4.71. The molecule has 0 saturated heterocycles. The van der Waals surface area contributed by atoms with Crippen LogP contribution in [0.15, 0.2) is 48.5 Å². The molecule has 1 N–H and O–H groups in total. The first kappa shape index (κ1) is 15.3. The maximum absolute atomic E-state index is 4.60. The second-order valence-electron chi connectivity index (χ2n) is 5.27. The number of hydrogen-bond acceptors (Lipinski definition) is 2. The number of fused-ring (bicyclic) bond motifs is 1. The van der Waals surface area contributed by atoms with Gasteiger partial charge in [0.15, 0.2) is 0 Å². The number of halogens is 1. The largest absolute Gasteiger partial charge is 0.355 e. The van der Waals surface area contributed by atoms with Crippen molar-refractivity contribution in [3.05, 3.63) is 65.4 Å². The molecule has 0 aliphatic rings. The summed E-state index contributed by atoms with van der Waals surface area (Å²) in [6.45, 7) is 6.25. The lowest BCUT2D eigenvalue weighted by atomic mass is 10.1. The molecule has 21 heavy (non-hydrogen) atoms. The van der Waals surface area contributed by atoms with E-state index in [4.69, 9.17) is 0 Å². The van der Waals surface area contributed by atoms with E-state index in [0.717, 1.165) is 22.6 Å². The molecule has 0 aliphatic carbocycles. The number of benzene rings is 2. The van der Waals surface area contributed by atoms with Crippen LogP contribution in [0.2, 0.25) is 0 Å². The van der Waals surface area contributed by atoms with Gasteiger partial charge in [0.2, 0.25) is 0 Å². The van der Waals surface area contributed by atoms with E-state index >= 15 is 0 Å². The van der Waals surface area contributed by atoms with E-state index < -0.39 is 0 Å². The molecular formula is C18H19ClN2. The molecule has 0 bridgehead atoms. The van der Waals surface area contributed by atoms with Crippen molar-refractivity contribution in [1.29, 1.82) is 0 Å². The Hall–Kier alpha value is -2.06. The molecule has 0 radical (unpaired) electrons. The highest BCUT2D eigenvalue weighted by molar-refractivity contribution is 5.93. The molecule has 0 atom stereocenters. The van der Waals surface area contributed by atoms with Crippen molar-refractivity contribution in [2.45, 2.75) is 20.8 Å². The van der Waals surface area contributed by atoms with Crippen molar-refractivity contribution >= 4 is 34.7 Å². The van der Waals surface area contributed by atoms with Crippen molar-refractivity contribution in [2.75, 3.05) is 5.32 Å². The molecule has 1 aromatic heterocycles. The van der Waals surface area contributed by atoms with Gasteiger partial charge in [0.1, 0.15) is 0 Å². The molecule has 3 rings (SSSR count). The van der Waals surface area contributed by atoms with Crippen LogP contribution >= 0.6 is 12.4 Å². The smallest absolute Gasteiger partial charge is 0.0726 e. The molecule has 1 heterocycles. The highest BCUT2D eigenvalue weighted by atomic mass is 35.5. The molecule has 0 amide bonds. The van der Waals surface area contributed by atoms with Gasteiger partial charge < -0.3 is 5.32 Å². The Morgan fingerprint density at radius 3 is 2.38 bits per heavy atom. The third kappa shape index (κ3) is 3.17. The van der Waals surface area contributed by atoms with Crippen molar-refractivity contribution in [2.24, 2.45) is 0 Å². The third-order valence-electron chi connectivity index (χ3n) is 3.51. The number of anilines is 2. The Bertz CT molecular complexity index is 781. The second kappa shape index (κ2) is 6.15. The van der Waals surface area contributed by atoms with Crippen LogP contribution in [0.1, 0.15) is 16.8 Å². The van der Waals surface area contributed by atoms with Gasteiger partial charge in [0, 0.05) is 22.5 Å². The second-order valence-corrected chi connectivity index (χ2v) is 5.27. The van der Waals surface area contributed by atoms with E-state index in [9.17, 15) is 0 Å². The van der Waals surface area contributed by atoms with Gasteiger partial charge in [-0.1, -0.05) is 29.8 Å². The Kier molecular flexibility index (Phi) is 4.49. The first-order chi connectivity index (χ1) is 9.63. The van der Waals surface area contributed by atoms with Crippen LogP contribution in [0.3, 0.4) is 0 Å². The highest BCUT2D eigenvalue weighted by Gasteiger charge is 2.06. The van der Waals surface area contributed by atoms with Gasteiger partial charge in [-0.25, -0.2) is 0 Å². The van der Waals surface area contributed by atoms with Crippen LogP contribution in [0, 0.1) is 20.8 Å². The number of nitrogens with one attached hydrogen (secondary N) is 1. The van der Waals surface area contributed by atoms with Crippen LogP contribution in [0.25, 0.3) is 10.9 Å². The minimum atomic E-state index is 0. The minimum Gasteiger partial charge on any atom is -0.355 e. The Balaban J connectivity index is 0.00000161. The maximum Gasteiger partial charge on any atom is 0.0726 e. The fraction of sp³-hybridized carbons (Fsp3) is 0.167. The molecule has 108 valence electrons. The first-order valence-corrected chi connectivity index (χ1v) is 6.84. The number of rotatable bonds is 2. The zero-order valence-electron chi connectivity index (χ0n) is 12.5. The Morgan fingerprint density at radius 1 is 0.857 bits per heavy atom. The lowest BCUT2D eigenvalue weighted by molar-refractivity contribution is 1.25. The number of nitrogens with zero attached hydrogens (tertiary/aromatic N) is 1. The lowest BCUT2D eigenvalue weighted by Gasteiger charge is -2.13. The average molecular weight is 299 g/mol. The molecule has 2 aromatic carbocycles. The fourth-order valence-corrected chi connectivity index (χ4v) is 2.43. The summed E-state index contributed by atoms with van der Waals surface area (Å²) in [6.07, 6.45) is 0. The Labute approximate surface area is 131 Å². The number of hydrogen-bond donors (Lipinski definition) is 1. The van der Waals surface area contributed by atoms with E-state index in [2.05, 4.69) is 72.7 Å². The van der Waals surface area contributed by atoms with Gasteiger partial charge in [-0.2, -0.15) is 0 Å². The summed E-state index contributed by atoms with van der Waals surface area (Å²) in [6, 6.07) is 16.8. The monoisotopic (exact) mass is 298 g/mol. The minimum absolute atomic E-state index is 0. The molecule has 0 aliphatic heterocycles. The number of para-hydroxylation sites is 1. The van der Waals surface area contributed by atoms with E-state index in [-0.39, 0.29) is 12.4 Å². The molecule has 0 fully saturated rings. The summed E-state index contributed by atoms with van der Waals surface area (Å²) in [7, 11) is 0. The number of pyridine rings is 1. The predicted molar refractivity (Wildman–Crippen MR) is 92.9 cm³/mol. The van der Waals surface area contributed by atoms with Crippen LogP contribution in [-0.2, 0) is 0 Å². The zero-order valence-corrected chi connectivity index (χ0v) is 13.3. The van der Waals surface area contributed by atoms with Gasteiger partial charge in [-0.15, -0.1) is 12.4 Å². The highest BCUT2D eigenvalue weighted by Crippen LogP contribution is 2.28. The van der Waals surface area contributed by atoms with Crippen LogP contribution in [0.5, 0.6) is 0 Å². The third-order valence-corrected chi connectivity index (χ3v) is 3.51. The van der Waals surface area contributed by atoms with Crippen molar-refractivity contribution in [3.63, 3.8) is 0 Å². The van der Waals surface area contributed by atoms with Gasteiger partial charge >= 0.3 is 0 Å². The van der Waals surface area contributed by atoms with Crippen LogP contribution in [0.4, 0.5) is 11.4 Å². The average Bonchev–Trinajstić information content (AvgIpc) is 2.42. The van der Waals surface area contributed by atoms with E-state index in [1.54, 1.807) is 0 Å². The van der Waals surface area contributed by atoms with Gasteiger partial charge in [0.05, 0.1) is 5.52 Å². The maximum atomic E-state index is 4.60. The topological polar surface area (TPSA) is 24.9 Å². The Morgan fingerprint density at radius 2 is 1.62 bits per heavy atom. The quantitative estimate of drug-likeness (QED) is 0.692. The summed E-state index contributed by atoms with van der Waals surface area (Å²) in [4.78, 5) is 4.60. The summed E-state index contributed by atoms with van der Waals surface area (Å²) < 4.78 is 0. The zero-order chi connectivity index (χ0) is 14.1. The van der Waals surface area contributed by atoms with Crippen LogP contribution < -0.4 is 5.32 Å². The fourth-order valence-electron chi connectivity index (χ4n) is 2.43. The van der Waals surface area contributed by atoms with E-state index in [1.165, 1.54) is 16.5 Å². The molecule has 3 aromatic rings. The number of aromatic nitrogens is 1. The standard InChI is InChI=1S/C18H18N2.ClH/c1-12-8-9-17-15(10-12)18(11-14(3)19-17)20-16-7-5-4-6-13(16)2;/h4-11H,1-3H3,(H,19,20);1H. The summed E-state index contributed by atoms with van der Waals surface area (Å²) in [5.41, 5.74) is 6.80. The lowest BCUT2D eigenvalue weighted by Crippen LogP contribution is -1.96. The summed E-state index contributed by atoms with van der Waals surface area (Å²) in [5.74, 6) is 0. The van der Waals surface area contributed by atoms with Crippen molar-refractivity contribution in [3.8, 4) is 0 Å². The molecular weight excluding hydrogens is 280 g/mol. The van der Waals surface area contributed by atoms with E-state index in [0.29, 0.717) is 0 Å². The van der Waals surface area contributed by atoms with Crippen LogP contribution in [-0.4, -0.2) is 4.98 Å². The molecule has 0 spiro atoms. The van der Waals surface area contributed by atoms with Gasteiger partial charge in [0.25, 0.3) is 0 Å². The molecule has 0 saturated carbocycles. The van der Waals surface area contributed by atoms with Crippen molar-refractivity contribution < 1.29 is 0 Å². The molecule has 0 unspecified atom stereocenters. The predicted octanol–water partition coefficient (Wildman–Crippen LogP) is 5.33. The molecule has 3 heteroatoms. The van der Waals surface area contributed by atoms with Crippen molar-refractivity contribution in [1.82, 2.24) is 4.98 Å². The normalized spacial score (nSPS) is 10.2. The number of aryl methyl sites for hydroxylation is 3.